The van der Waals surface area contributed by atoms with E-state index in [1.54, 1.807) is 0 Å². The molecule has 0 bridgehead atoms. The summed E-state index contributed by atoms with van der Waals surface area (Å²) in [6.45, 7) is 6.17. The Morgan fingerprint density at radius 2 is 1.83 bits per heavy atom. The molecule has 0 saturated carbocycles. The first kappa shape index (κ1) is 17.9. The fourth-order valence-corrected chi connectivity index (χ4v) is 2.56. The zero-order chi connectivity index (χ0) is 17.7. The molecule has 1 unspecified atom stereocenters. The van der Waals surface area contributed by atoms with Gasteiger partial charge in [-0.2, -0.15) is 0 Å². The van der Waals surface area contributed by atoms with Gasteiger partial charge in [0.15, 0.2) is 0 Å². The van der Waals surface area contributed by atoms with Crippen LogP contribution >= 0.6 is 0 Å². The highest BCUT2D eigenvalue weighted by molar-refractivity contribution is 5.94. The van der Waals surface area contributed by atoms with Gasteiger partial charge in [-0.3, -0.25) is 9.78 Å². The second-order valence-electron chi connectivity index (χ2n) is 6.01. The molecule has 0 aliphatic carbocycles. The van der Waals surface area contributed by atoms with Gasteiger partial charge in [0.05, 0.1) is 23.1 Å². The molecule has 5 heteroatoms. The number of pyridine rings is 1. The number of benzene rings is 1. The lowest BCUT2D eigenvalue weighted by atomic mass is 10.0. The fourth-order valence-electron chi connectivity index (χ4n) is 2.56. The van der Waals surface area contributed by atoms with E-state index >= 15 is 0 Å². The van der Waals surface area contributed by atoms with E-state index in [0.29, 0.717) is 5.56 Å². The molecule has 1 atom stereocenters. The summed E-state index contributed by atoms with van der Waals surface area (Å²) in [5.74, 6) is -0.311. The van der Waals surface area contributed by atoms with Gasteiger partial charge in [-0.1, -0.05) is 20.8 Å². The van der Waals surface area contributed by atoms with Crippen LogP contribution < -0.4 is 10.6 Å². The Labute approximate surface area is 142 Å². The molecule has 2 aromatic rings. The third-order valence-corrected chi connectivity index (χ3v) is 3.94. The van der Waals surface area contributed by atoms with Crippen molar-refractivity contribution in [3.05, 3.63) is 59.2 Å². The Morgan fingerprint density at radius 3 is 2.38 bits per heavy atom. The van der Waals surface area contributed by atoms with Gasteiger partial charge >= 0.3 is 0 Å². The number of carbonyl (C=O) groups is 1. The van der Waals surface area contributed by atoms with Gasteiger partial charge in [-0.15, -0.1) is 0 Å². The molecule has 1 aromatic carbocycles. The monoisotopic (exact) mass is 329 g/mol. The number of halogens is 1. The molecule has 4 nitrogen and oxygen atoms in total. The van der Waals surface area contributed by atoms with Gasteiger partial charge in [-0.05, 0) is 48.7 Å². The summed E-state index contributed by atoms with van der Waals surface area (Å²) in [4.78, 5) is 17.1. The summed E-state index contributed by atoms with van der Waals surface area (Å²) in [5.41, 5.74) is 3.24. The average Bonchev–Trinajstić information content (AvgIpc) is 2.59. The van der Waals surface area contributed by atoms with E-state index in [0.717, 1.165) is 23.5 Å². The molecule has 1 aromatic heterocycles. The largest absolute Gasteiger partial charge is 0.387 e. The van der Waals surface area contributed by atoms with Gasteiger partial charge < -0.3 is 10.6 Å². The number of rotatable bonds is 6. The van der Waals surface area contributed by atoms with Crippen molar-refractivity contribution < 1.29 is 9.18 Å². The zero-order valence-corrected chi connectivity index (χ0v) is 14.6. The summed E-state index contributed by atoms with van der Waals surface area (Å²) in [7, 11) is 1.87. The third-order valence-electron chi connectivity index (χ3n) is 3.94. The number of carbonyl (C=O) groups excluding carboxylic acids is 1. The number of hydrogen-bond donors (Lipinski definition) is 2. The van der Waals surface area contributed by atoms with Crippen LogP contribution in [0.2, 0.25) is 0 Å². The van der Waals surface area contributed by atoms with E-state index < -0.39 is 0 Å². The first-order valence-electron chi connectivity index (χ1n) is 8.21. The number of aromatic nitrogens is 1. The zero-order valence-electron chi connectivity index (χ0n) is 14.6. The molecule has 24 heavy (non-hydrogen) atoms. The van der Waals surface area contributed by atoms with Crippen molar-refractivity contribution in [3.8, 4) is 0 Å². The molecular weight excluding hydrogens is 305 g/mol. The normalized spacial score (nSPS) is 12.1. The van der Waals surface area contributed by atoms with Crippen LogP contribution in [0.4, 0.5) is 10.1 Å². The molecule has 1 heterocycles. The van der Waals surface area contributed by atoms with Crippen LogP contribution in [0.1, 0.15) is 60.9 Å². The maximum absolute atomic E-state index is 13.0. The maximum atomic E-state index is 13.0. The standard InChI is InChI=1S/C19H24FN3O/c1-5-15(23-19(24)13-6-8-14(20)9-7-13)16-10-11-17(21-4)18(22-16)12(2)3/h6-12,15,21H,5H2,1-4H3,(H,23,24). The Kier molecular flexibility index (Phi) is 5.90. The van der Waals surface area contributed by atoms with Crippen LogP contribution in [0.15, 0.2) is 36.4 Å². The molecule has 0 saturated heterocycles. The van der Waals surface area contributed by atoms with Crippen molar-refractivity contribution in [1.82, 2.24) is 10.3 Å². The maximum Gasteiger partial charge on any atom is 0.251 e. The highest BCUT2D eigenvalue weighted by Gasteiger charge is 2.18. The van der Waals surface area contributed by atoms with Crippen molar-refractivity contribution in [2.75, 3.05) is 12.4 Å². The molecule has 0 spiro atoms. The van der Waals surface area contributed by atoms with Gasteiger partial charge in [0.2, 0.25) is 0 Å². The Morgan fingerprint density at radius 1 is 1.17 bits per heavy atom. The summed E-state index contributed by atoms with van der Waals surface area (Å²) in [5, 5.41) is 6.13. The smallest absolute Gasteiger partial charge is 0.251 e. The SMILES string of the molecule is CCC(NC(=O)c1ccc(F)cc1)c1ccc(NC)c(C(C)C)n1. The van der Waals surface area contributed by atoms with Crippen LogP contribution in [0.25, 0.3) is 0 Å². The number of nitrogens with one attached hydrogen (secondary N) is 2. The first-order valence-corrected chi connectivity index (χ1v) is 8.21. The van der Waals surface area contributed by atoms with E-state index in [2.05, 4.69) is 24.5 Å². The minimum atomic E-state index is -0.357. The van der Waals surface area contributed by atoms with E-state index in [4.69, 9.17) is 4.98 Å². The fraction of sp³-hybridized carbons (Fsp3) is 0.368. The summed E-state index contributed by atoms with van der Waals surface area (Å²) >= 11 is 0. The summed E-state index contributed by atoms with van der Waals surface area (Å²) in [6.07, 6.45) is 0.719. The Balaban J connectivity index is 2.23. The van der Waals surface area contributed by atoms with Crippen molar-refractivity contribution in [3.63, 3.8) is 0 Å². The lowest BCUT2D eigenvalue weighted by Gasteiger charge is -2.20. The molecule has 0 aliphatic heterocycles. The second-order valence-corrected chi connectivity index (χ2v) is 6.01. The molecule has 0 aliphatic rings. The molecule has 2 rings (SSSR count). The molecular formula is C19H24FN3O. The Bertz CT molecular complexity index is 698. The molecule has 128 valence electrons. The molecule has 0 radical (unpaired) electrons. The van der Waals surface area contributed by atoms with Crippen LogP contribution in [0.5, 0.6) is 0 Å². The highest BCUT2D eigenvalue weighted by Crippen LogP contribution is 2.25. The average molecular weight is 329 g/mol. The van der Waals surface area contributed by atoms with Crippen LogP contribution in [-0.2, 0) is 0 Å². The number of hydrogen-bond acceptors (Lipinski definition) is 3. The minimum absolute atomic E-state index is 0.189. The lowest BCUT2D eigenvalue weighted by Crippen LogP contribution is -2.29. The summed E-state index contributed by atoms with van der Waals surface area (Å²) < 4.78 is 13.0. The Hall–Kier alpha value is -2.43. The summed E-state index contributed by atoms with van der Waals surface area (Å²) in [6, 6.07) is 9.26. The topological polar surface area (TPSA) is 54.0 Å². The van der Waals surface area contributed by atoms with Gasteiger partial charge in [-0.25, -0.2) is 4.39 Å². The van der Waals surface area contributed by atoms with Crippen molar-refractivity contribution >= 4 is 11.6 Å². The predicted molar refractivity (Wildman–Crippen MR) is 94.8 cm³/mol. The second kappa shape index (κ2) is 7.90. The van der Waals surface area contributed by atoms with Crippen molar-refractivity contribution in [1.29, 1.82) is 0 Å². The minimum Gasteiger partial charge on any atom is -0.387 e. The lowest BCUT2D eigenvalue weighted by molar-refractivity contribution is 0.0934. The van der Waals surface area contributed by atoms with Crippen LogP contribution in [-0.4, -0.2) is 17.9 Å². The van der Waals surface area contributed by atoms with E-state index in [9.17, 15) is 9.18 Å². The highest BCUT2D eigenvalue weighted by atomic mass is 19.1. The van der Waals surface area contributed by atoms with Crippen molar-refractivity contribution in [2.24, 2.45) is 0 Å². The number of amides is 1. The molecule has 2 N–H and O–H groups in total. The van der Waals surface area contributed by atoms with Gasteiger partial charge in [0.1, 0.15) is 5.82 Å². The molecule has 1 amide bonds. The first-order chi connectivity index (χ1) is 11.5. The van der Waals surface area contributed by atoms with Crippen LogP contribution in [0.3, 0.4) is 0 Å². The van der Waals surface area contributed by atoms with E-state index in [1.807, 2.05) is 26.1 Å². The molecule has 0 fully saturated rings. The number of anilines is 1. The van der Waals surface area contributed by atoms with Gasteiger partial charge in [0, 0.05) is 12.6 Å². The van der Waals surface area contributed by atoms with Gasteiger partial charge in [0.25, 0.3) is 5.91 Å². The number of nitrogens with zero attached hydrogens (tertiary/aromatic N) is 1. The quantitative estimate of drug-likeness (QED) is 0.832. The predicted octanol–water partition coefficient (Wildman–Crippen LogP) is 4.27. The van der Waals surface area contributed by atoms with E-state index in [-0.39, 0.29) is 23.7 Å². The third kappa shape index (κ3) is 4.10. The van der Waals surface area contributed by atoms with Crippen molar-refractivity contribution in [2.45, 2.75) is 39.2 Å². The van der Waals surface area contributed by atoms with Crippen LogP contribution in [0, 0.1) is 5.82 Å². The van der Waals surface area contributed by atoms with E-state index in [1.165, 1.54) is 24.3 Å².